The average molecular weight is 448 g/mol. The summed E-state index contributed by atoms with van der Waals surface area (Å²) < 4.78 is 54.8. The van der Waals surface area contributed by atoms with Gasteiger partial charge in [0.2, 0.25) is 5.91 Å². The molecule has 2 aromatic carbocycles. The monoisotopic (exact) mass is 448 g/mol. The van der Waals surface area contributed by atoms with Crippen molar-refractivity contribution in [3.63, 3.8) is 0 Å². The lowest BCUT2D eigenvalue weighted by atomic mass is 9.85. The van der Waals surface area contributed by atoms with E-state index in [9.17, 15) is 18.0 Å². The number of hydrogen-bond donors (Lipinski definition) is 0. The summed E-state index contributed by atoms with van der Waals surface area (Å²) >= 11 is 0. The molecule has 1 atom stereocenters. The van der Waals surface area contributed by atoms with E-state index in [-0.39, 0.29) is 25.4 Å². The van der Waals surface area contributed by atoms with E-state index in [1.807, 2.05) is 0 Å². The van der Waals surface area contributed by atoms with Crippen molar-refractivity contribution in [3.05, 3.63) is 70.3 Å². The second kappa shape index (κ2) is 7.60. The van der Waals surface area contributed by atoms with Gasteiger partial charge in [-0.3, -0.25) is 4.79 Å². The zero-order valence-electron chi connectivity index (χ0n) is 18.1. The molecular formula is C24H24F4N2O2. The summed E-state index contributed by atoms with van der Waals surface area (Å²) in [5.41, 5.74) is -0.655. The summed E-state index contributed by atoms with van der Waals surface area (Å²) in [5.74, 6) is -0.0727. The lowest BCUT2D eigenvalue weighted by Crippen LogP contribution is -2.58. The standard InChI is InChI=1S/C24H24F4N2O2/c1-4-21(31)30-13-23(25,14-30)17-7-5-16(6-8-17)20-12-22(3,32-29-20)18-9-15(2)10-19(11-18)24(26,27)28/h5-11H,4,12-14H2,1-3H3. The van der Waals surface area contributed by atoms with Crippen LogP contribution >= 0.6 is 0 Å². The van der Waals surface area contributed by atoms with E-state index in [0.29, 0.717) is 34.4 Å². The predicted molar refractivity (Wildman–Crippen MR) is 112 cm³/mol. The number of rotatable bonds is 4. The summed E-state index contributed by atoms with van der Waals surface area (Å²) in [6, 6.07) is 10.7. The smallest absolute Gasteiger partial charge is 0.384 e. The molecule has 0 saturated carbocycles. The van der Waals surface area contributed by atoms with E-state index in [0.717, 1.165) is 12.1 Å². The van der Waals surface area contributed by atoms with E-state index in [2.05, 4.69) is 5.16 Å². The molecule has 2 aromatic rings. The molecule has 0 N–H and O–H groups in total. The van der Waals surface area contributed by atoms with Crippen molar-refractivity contribution < 1.29 is 27.2 Å². The quantitative estimate of drug-likeness (QED) is 0.582. The van der Waals surface area contributed by atoms with Gasteiger partial charge in [-0.2, -0.15) is 13.2 Å². The van der Waals surface area contributed by atoms with Crippen molar-refractivity contribution in [2.24, 2.45) is 5.16 Å². The third-order valence-electron chi connectivity index (χ3n) is 6.15. The molecule has 8 heteroatoms. The maximum atomic E-state index is 15.1. The molecule has 32 heavy (non-hydrogen) atoms. The van der Waals surface area contributed by atoms with Gasteiger partial charge in [-0.25, -0.2) is 4.39 Å². The molecule has 2 aliphatic rings. The van der Waals surface area contributed by atoms with Crippen LogP contribution < -0.4 is 0 Å². The molecule has 1 amide bonds. The number of halogens is 4. The molecule has 0 spiro atoms. The Balaban J connectivity index is 1.49. The number of nitrogens with zero attached hydrogens (tertiary/aromatic N) is 2. The maximum absolute atomic E-state index is 15.1. The lowest BCUT2D eigenvalue weighted by molar-refractivity contribution is -0.145. The van der Waals surface area contributed by atoms with Crippen LogP contribution in [-0.4, -0.2) is 29.6 Å². The van der Waals surface area contributed by atoms with Crippen LogP contribution in [0.1, 0.15) is 54.5 Å². The van der Waals surface area contributed by atoms with Gasteiger partial charge in [0.25, 0.3) is 0 Å². The van der Waals surface area contributed by atoms with Crippen molar-refractivity contribution in [1.82, 2.24) is 4.90 Å². The normalized spacial score (nSPS) is 22.2. The Kier molecular flexibility index (Phi) is 5.30. The van der Waals surface area contributed by atoms with Gasteiger partial charge >= 0.3 is 6.18 Å². The number of carbonyl (C=O) groups excluding carboxylic acids is 1. The number of likely N-dealkylation sites (tertiary alicyclic amines) is 1. The highest BCUT2D eigenvalue weighted by atomic mass is 19.4. The summed E-state index contributed by atoms with van der Waals surface area (Å²) in [4.78, 5) is 18.8. The summed E-state index contributed by atoms with van der Waals surface area (Å²) in [6.07, 6.45) is -3.82. The molecule has 170 valence electrons. The number of aryl methyl sites for hydroxylation is 1. The number of carbonyl (C=O) groups is 1. The van der Waals surface area contributed by atoms with E-state index >= 15 is 4.39 Å². The summed E-state index contributed by atoms with van der Waals surface area (Å²) in [7, 11) is 0. The SMILES string of the molecule is CCC(=O)N1CC(F)(c2ccc(C3=NOC(C)(c4cc(C)cc(C(F)(F)F)c4)C3)cc2)C1. The highest BCUT2D eigenvalue weighted by molar-refractivity contribution is 6.01. The maximum Gasteiger partial charge on any atom is 0.416 e. The van der Waals surface area contributed by atoms with Crippen LogP contribution in [-0.2, 0) is 27.1 Å². The third kappa shape index (κ3) is 3.98. The van der Waals surface area contributed by atoms with Gasteiger partial charge in [-0.1, -0.05) is 48.0 Å². The Morgan fingerprint density at radius 1 is 1.12 bits per heavy atom. The van der Waals surface area contributed by atoms with Crippen molar-refractivity contribution in [1.29, 1.82) is 0 Å². The fourth-order valence-electron chi connectivity index (χ4n) is 4.20. The first kappa shape index (κ1) is 22.3. The topological polar surface area (TPSA) is 41.9 Å². The zero-order chi connectivity index (χ0) is 23.3. The molecule has 0 radical (unpaired) electrons. The molecule has 0 bridgehead atoms. The van der Waals surface area contributed by atoms with Gasteiger partial charge in [0.05, 0.1) is 24.4 Å². The molecule has 4 rings (SSSR count). The lowest BCUT2D eigenvalue weighted by Gasteiger charge is -2.44. The van der Waals surface area contributed by atoms with Gasteiger partial charge in [0, 0.05) is 12.8 Å². The summed E-state index contributed by atoms with van der Waals surface area (Å²) in [5, 5.41) is 4.12. The Labute approximate surface area is 183 Å². The van der Waals surface area contributed by atoms with Crippen LogP contribution in [0.4, 0.5) is 17.6 Å². The second-order valence-electron chi connectivity index (χ2n) is 8.77. The van der Waals surface area contributed by atoms with E-state index in [1.54, 1.807) is 51.1 Å². The van der Waals surface area contributed by atoms with Crippen LogP contribution in [0.2, 0.25) is 0 Å². The Hall–Kier alpha value is -2.90. The number of oxime groups is 1. The highest BCUT2D eigenvalue weighted by Crippen LogP contribution is 2.40. The van der Waals surface area contributed by atoms with E-state index in [1.165, 1.54) is 4.90 Å². The molecular weight excluding hydrogens is 424 g/mol. The molecule has 4 nitrogen and oxygen atoms in total. The van der Waals surface area contributed by atoms with Crippen LogP contribution in [0.5, 0.6) is 0 Å². The average Bonchev–Trinajstić information content (AvgIpc) is 3.13. The van der Waals surface area contributed by atoms with Crippen molar-refractivity contribution in [2.75, 3.05) is 13.1 Å². The first-order valence-corrected chi connectivity index (χ1v) is 10.5. The third-order valence-corrected chi connectivity index (χ3v) is 6.15. The molecule has 1 saturated heterocycles. The van der Waals surface area contributed by atoms with Gasteiger partial charge in [-0.15, -0.1) is 0 Å². The molecule has 1 fully saturated rings. The second-order valence-corrected chi connectivity index (χ2v) is 8.77. The molecule has 1 unspecified atom stereocenters. The first-order valence-electron chi connectivity index (χ1n) is 10.5. The van der Waals surface area contributed by atoms with Crippen molar-refractivity contribution in [3.8, 4) is 0 Å². The van der Waals surface area contributed by atoms with Gasteiger partial charge in [-0.05, 0) is 42.7 Å². The van der Waals surface area contributed by atoms with Crippen LogP contribution in [0, 0.1) is 6.92 Å². The molecule has 2 heterocycles. The van der Waals surface area contributed by atoms with E-state index in [4.69, 9.17) is 4.84 Å². The van der Waals surface area contributed by atoms with Crippen LogP contribution in [0.25, 0.3) is 0 Å². The van der Waals surface area contributed by atoms with Gasteiger partial charge in [0.15, 0.2) is 11.3 Å². The van der Waals surface area contributed by atoms with Gasteiger partial charge < -0.3 is 9.74 Å². The minimum Gasteiger partial charge on any atom is -0.384 e. The van der Waals surface area contributed by atoms with E-state index < -0.39 is 23.0 Å². The fraction of sp³-hybridized carbons (Fsp3) is 0.417. The Morgan fingerprint density at radius 3 is 2.38 bits per heavy atom. The number of amides is 1. The Bertz CT molecular complexity index is 1070. The zero-order valence-corrected chi connectivity index (χ0v) is 18.1. The molecule has 0 aromatic heterocycles. The Morgan fingerprint density at radius 2 is 1.78 bits per heavy atom. The van der Waals surface area contributed by atoms with Crippen LogP contribution in [0.15, 0.2) is 47.6 Å². The van der Waals surface area contributed by atoms with Crippen molar-refractivity contribution >= 4 is 11.6 Å². The number of alkyl halides is 4. The summed E-state index contributed by atoms with van der Waals surface area (Å²) in [6.45, 7) is 5.14. The first-order chi connectivity index (χ1) is 14.9. The number of hydrogen-bond acceptors (Lipinski definition) is 3. The van der Waals surface area contributed by atoms with Gasteiger partial charge in [0.1, 0.15) is 0 Å². The molecule has 2 aliphatic heterocycles. The minimum atomic E-state index is -4.45. The minimum absolute atomic E-state index is 0.0377. The van der Waals surface area contributed by atoms with Crippen LogP contribution in [0.3, 0.4) is 0 Å². The largest absolute Gasteiger partial charge is 0.416 e. The van der Waals surface area contributed by atoms with Crippen molar-refractivity contribution in [2.45, 2.75) is 51.1 Å². The predicted octanol–water partition coefficient (Wildman–Crippen LogP) is 5.47. The fourth-order valence-corrected chi connectivity index (χ4v) is 4.20. The number of benzene rings is 2. The highest BCUT2D eigenvalue weighted by Gasteiger charge is 2.47. The molecule has 0 aliphatic carbocycles.